The number of alkyl halides is 3. The maximum atomic E-state index is 13.2. The summed E-state index contributed by atoms with van der Waals surface area (Å²) in [5.74, 6) is 0. The van der Waals surface area contributed by atoms with Crippen LogP contribution in [0.15, 0.2) is 64.4 Å². The molecule has 1 aliphatic rings. The van der Waals surface area contributed by atoms with Crippen molar-refractivity contribution in [3.05, 3.63) is 60.2 Å². The first kappa shape index (κ1) is 20.8. The van der Waals surface area contributed by atoms with E-state index in [1.165, 1.54) is 18.2 Å². The van der Waals surface area contributed by atoms with Crippen LogP contribution < -0.4 is 0 Å². The summed E-state index contributed by atoms with van der Waals surface area (Å²) in [5.41, 5.74) is -1.23. The predicted octanol–water partition coefficient (Wildman–Crippen LogP) is 3.33. The van der Waals surface area contributed by atoms with Gasteiger partial charge >= 0.3 is 6.18 Å². The number of hydrogen-bond donors (Lipinski definition) is 0. The second-order valence-electron chi connectivity index (χ2n) is 6.46. The molecule has 0 spiro atoms. The highest BCUT2D eigenvalue weighted by atomic mass is 32.2. The minimum atomic E-state index is -4.81. The van der Waals surface area contributed by atoms with Gasteiger partial charge in [0.25, 0.3) is 0 Å². The number of benzene rings is 2. The first-order valence-corrected chi connectivity index (χ1v) is 11.5. The number of piperidine rings is 1. The molecule has 2 aromatic rings. The second kappa shape index (κ2) is 7.49. The van der Waals surface area contributed by atoms with Crippen LogP contribution >= 0.6 is 0 Å². The highest BCUT2D eigenvalue weighted by Crippen LogP contribution is 2.36. The second-order valence-corrected chi connectivity index (χ2v) is 10.6. The predicted molar refractivity (Wildman–Crippen MR) is 96.9 cm³/mol. The van der Waals surface area contributed by atoms with E-state index in [4.69, 9.17) is 0 Å². The first-order chi connectivity index (χ1) is 13.0. The maximum absolute atomic E-state index is 13.2. The van der Waals surface area contributed by atoms with Gasteiger partial charge < -0.3 is 0 Å². The average Bonchev–Trinajstić information content (AvgIpc) is 2.68. The van der Waals surface area contributed by atoms with Crippen LogP contribution in [0.4, 0.5) is 13.2 Å². The molecule has 2 aromatic carbocycles. The molecule has 10 heteroatoms. The molecule has 0 aromatic heterocycles. The standard InChI is InChI=1S/C18H18F3NO4S2/c19-18(20,21)16-8-4-5-9-17(16)28(25,26)22-12-10-15(11-13-22)27(23,24)14-6-2-1-3-7-14/h1-9,15H,10-13H2. The third kappa shape index (κ3) is 3.94. The molecule has 0 N–H and O–H groups in total. The zero-order valence-electron chi connectivity index (χ0n) is 14.6. The number of rotatable bonds is 4. The van der Waals surface area contributed by atoms with E-state index in [1.54, 1.807) is 18.2 Å². The molecule has 0 bridgehead atoms. The van der Waals surface area contributed by atoms with Crippen molar-refractivity contribution in [2.45, 2.75) is 34.1 Å². The summed E-state index contributed by atoms with van der Waals surface area (Å²) < 4.78 is 91.4. The van der Waals surface area contributed by atoms with E-state index >= 15 is 0 Å². The van der Waals surface area contributed by atoms with Crippen LogP contribution in [0.3, 0.4) is 0 Å². The van der Waals surface area contributed by atoms with Crippen molar-refractivity contribution in [3.8, 4) is 0 Å². The van der Waals surface area contributed by atoms with Crippen molar-refractivity contribution in [2.24, 2.45) is 0 Å². The van der Waals surface area contributed by atoms with Gasteiger partial charge in [0.05, 0.1) is 20.6 Å². The summed E-state index contributed by atoms with van der Waals surface area (Å²) in [6.07, 6.45) is -4.77. The van der Waals surface area contributed by atoms with Crippen LogP contribution in [0, 0.1) is 0 Å². The zero-order chi connectivity index (χ0) is 20.6. The molecule has 5 nitrogen and oxygen atoms in total. The quantitative estimate of drug-likeness (QED) is 0.742. The molecule has 1 heterocycles. The van der Waals surface area contributed by atoms with Gasteiger partial charge in [-0.3, -0.25) is 0 Å². The van der Waals surface area contributed by atoms with E-state index in [1.807, 2.05) is 0 Å². The Balaban J connectivity index is 1.82. The molecule has 1 aliphatic heterocycles. The fraction of sp³-hybridized carbons (Fsp3) is 0.333. The van der Waals surface area contributed by atoms with Gasteiger partial charge in [-0.2, -0.15) is 17.5 Å². The Morgan fingerprint density at radius 3 is 1.93 bits per heavy atom. The molecular weight excluding hydrogens is 415 g/mol. The van der Waals surface area contributed by atoms with E-state index < -0.39 is 41.7 Å². The van der Waals surface area contributed by atoms with Crippen molar-refractivity contribution >= 4 is 19.9 Å². The van der Waals surface area contributed by atoms with Crippen molar-refractivity contribution in [3.63, 3.8) is 0 Å². The number of halogens is 3. The SMILES string of the molecule is O=S(=O)(c1ccccc1)C1CCN(S(=O)(=O)c2ccccc2C(F)(F)F)CC1. The molecule has 0 atom stereocenters. The molecule has 152 valence electrons. The van der Waals surface area contributed by atoms with E-state index in [0.717, 1.165) is 22.5 Å². The van der Waals surface area contributed by atoms with E-state index in [9.17, 15) is 30.0 Å². The molecule has 0 radical (unpaired) electrons. The van der Waals surface area contributed by atoms with Gasteiger partial charge in [0.1, 0.15) is 0 Å². The lowest BCUT2D eigenvalue weighted by molar-refractivity contribution is -0.139. The van der Waals surface area contributed by atoms with Gasteiger partial charge in [-0.25, -0.2) is 16.8 Å². The van der Waals surface area contributed by atoms with E-state index in [-0.39, 0.29) is 30.8 Å². The van der Waals surface area contributed by atoms with Crippen LogP contribution in [0.25, 0.3) is 0 Å². The fourth-order valence-corrected chi connectivity index (χ4v) is 6.68. The number of nitrogens with zero attached hydrogens (tertiary/aromatic N) is 1. The normalized spacial score (nSPS) is 17.5. The Hall–Kier alpha value is -1.91. The molecule has 28 heavy (non-hydrogen) atoms. The molecule has 1 fully saturated rings. The van der Waals surface area contributed by atoms with Crippen LogP contribution in [0.2, 0.25) is 0 Å². The lowest BCUT2D eigenvalue weighted by Crippen LogP contribution is -2.42. The largest absolute Gasteiger partial charge is 0.417 e. The summed E-state index contributed by atoms with van der Waals surface area (Å²) in [4.78, 5) is -0.661. The summed E-state index contributed by atoms with van der Waals surface area (Å²) in [7, 11) is -8.02. The third-order valence-corrected chi connectivity index (χ3v) is 8.96. The van der Waals surface area contributed by atoms with E-state index in [2.05, 4.69) is 0 Å². The lowest BCUT2D eigenvalue weighted by atomic mass is 10.2. The van der Waals surface area contributed by atoms with Crippen LogP contribution in [-0.4, -0.2) is 39.5 Å². The molecule has 3 rings (SSSR count). The Morgan fingerprint density at radius 1 is 0.821 bits per heavy atom. The molecule has 0 aliphatic carbocycles. The number of hydrogen-bond acceptors (Lipinski definition) is 4. The summed E-state index contributed by atoms with van der Waals surface area (Å²) in [6, 6.07) is 11.8. The molecule has 1 saturated heterocycles. The van der Waals surface area contributed by atoms with Crippen molar-refractivity contribution in [1.29, 1.82) is 0 Å². The Kier molecular flexibility index (Phi) is 5.57. The number of sulfone groups is 1. The average molecular weight is 433 g/mol. The Labute approximate surface area is 161 Å². The van der Waals surface area contributed by atoms with Gasteiger partial charge in [-0.05, 0) is 37.1 Å². The van der Waals surface area contributed by atoms with Crippen LogP contribution in [0.5, 0.6) is 0 Å². The highest BCUT2D eigenvalue weighted by molar-refractivity contribution is 7.92. The molecular formula is C18H18F3NO4S2. The Bertz CT molecular complexity index is 1040. The summed E-state index contributed by atoms with van der Waals surface area (Å²) in [5, 5.41) is -0.779. The minimum Gasteiger partial charge on any atom is -0.223 e. The lowest BCUT2D eigenvalue weighted by Gasteiger charge is -2.31. The van der Waals surface area contributed by atoms with Gasteiger partial charge in [0.2, 0.25) is 10.0 Å². The Morgan fingerprint density at radius 2 is 1.36 bits per heavy atom. The van der Waals surface area contributed by atoms with Crippen molar-refractivity contribution in [2.75, 3.05) is 13.1 Å². The van der Waals surface area contributed by atoms with Gasteiger partial charge in [-0.1, -0.05) is 30.3 Å². The fourth-order valence-electron chi connectivity index (χ4n) is 3.25. The van der Waals surface area contributed by atoms with Crippen LogP contribution in [-0.2, 0) is 26.0 Å². The monoisotopic (exact) mass is 433 g/mol. The summed E-state index contributed by atoms with van der Waals surface area (Å²) in [6.45, 7) is -0.323. The van der Waals surface area contributed by atoms with Crippen molar-refractivity contribution in [1.82, 2.24) is 4.31 Å². The van der Waals surface area contributed by atoms with Gasteiger partial charge in [0.15, 0.2) is 9.84 Å². The maximum Gasteiger partial charge on any atom is 0.417 e. The topological polar surface area (TPSA) is 71.5 Å². The van der Waals surface area contributed by atoms with Crippen LogP contribution in [0.1, 0.15) is 18.4 Å². The van der Waals surface area contributed by atoms with E-state index in [0.29, 0.717) is 0 Å². The molecule has 0 unspecified atom stereocenters. The van der Waals surface area contributed by atoms with Gasteiger partial charge in [0, 0.05) is 13.1 Å². The summed E-state index contributed by atoms with van der Waals surface area (Å²) >= 11 is 0. The zero-order valence-corrected chi connectivity index (χ0v) is 16.3. The first-order valence-electron chi connectivity index (χ1n) is 8.50. The number of sulfonamides is 1. The minimum absolute atomic E-state index is 0.0185. The van der Waals surface area contributed by atoms with Gasteiger partial charge in [-0.15, -0.1) is 0 Å². The highest BCUT2D eigenvalue weighted by Gasteiger charge is 2.41. The third-order valence-electron chi connectivity index (χ3n) is 4.72. The van der Waals surface area contributed by atoms with Crippen molar-refractivity contribution < 1.29 is 30.0 Å². The smallest absolute Gasteiger partial charge is 0.223 e. The molecule has 0 saturated carbocycles. The molecule has 0 amide bonds.